The molecule has 15 heavy (non-hydrogen) atoms. The molecule has 82 valence electrons. The minimum atomic E-state index is -0.399. The van der Waals surface area contributed by atoms with E-state index in [4.69, 9.17) is 4.74 Å². The Morgan fingerprint density at radius 3 is 2.80 bits per heavy atom. The second-order valence-electron chi connectivity index (χ2n) is 3.16. The van der Waals surface area contributed by atoms with E-state index in [9.17, 15) is 9.18 Å². The van der Waals surface area contributed by atoms with Crippen molar-refractivity contribution >= 4 is 5.78 Å². The highest BCUT2D eigenvalue weighted by atomic mass is 19.1. The summed E-state index contributed by atoms with van der Waals surface area (Å²) >= 11 is 0. The van der Waals surface area contributed by atoms with Gasteiger partial charge in [0.05, 0.1) is 18.8 Å². The predicted octanol–water partition coefficient (Wildman–Crippen LogP) is 3.02. The lowest BCUT2D eigenvalue weighted by atomic mass is 10.1. The fourth-order valence-electron chi connectivity index (χ4n) is 1.25. The third kappa shape index (κ3) is 3.35. The fraction of sp³-hybridized carbons (Fsp3) is 0.417. The van der Waals surface area contributed by atoms with Crippen LogP contribution >= 0.6 is 0 Å². The standard InChI is InChI=1S/C12H15FO2/c1-2-11(14)10-6-3-4-7-12(10)15-9-5-8-13/h3-4,6-7H,2,5,8-9H2,1H3. The van der Waals surface area contributed by atoms with E-state index in [-0.39, 0.29) is 5.78 Å². The molecule has 0 amide bonds. The van der Waals surface area contributed by atoms with Gasteiger partial charge in [-0.2, -0.15) is 0 Å². The van der Waals surface area contributed by atoms with E-state index in [0.29, 0.717) is 30.8 Å². The Hall–Kier alpha value is -1.38. The monoisotopic (exact) mass is 210 g/mol. The molecule has 0 unspecified atom stereocenters. The summed E-state index contributed by atoms with van der Waals surface area (Å²) in [7, 11) is 0. The second kappa shape index (κ2) is 6.17. The maximum absolute atomic E-state index is 11.9. The average Bonchev–Trinajstić information content (AvgIpc) is 2.29. The zero-order valence-electron chi connectivity index (χ0n) is 8.83. The third-order valence-electron chi connectivity index (χ3n) is 2.04. The number of carbonyl (C=O) groups is 1. The number of Topliss-reactive ketones (excluding diaryl/α,β-unsaturated/α-hetero) is 1. The van der Waals surface area contributed by atoms with Crippen LogP contribution in [0.1, 0.15) is 30.1 Å². The number of rotatable bonds is 6. The van der Waals surface area contributed by atoms with Crippen molar-refractivity contribution in [3.63, 3.8) is 0 Å². The van der Waals surface area contributed by atoms with Crippen LogP contribution in [0.15, 0.2) is 24.3 Å². The maximum atomic E-state index is 11.9. The average molecular weight is 210 g/mol. The zero-order chi connectivity index (χ0) is 11.1. The normalized spacial score (nSPS) is 10.0. The Labute approximate surface area is 89.1 Å². The number of benzene rings is 1. The van der Waals surface area contributed by atoms with Crippen molar-refractivity contribution in [2.24, 2.45) is 0 Å². The minimum absolute atomic E-state index is 0.0471. The summed E-state index contributed by atoms with van der Waals surface area (Å²) in [5.41, 5.74) is 0.582. The van der Waals surface area contributed by atoms with Gasteiger partial charge in [0.25, 0.3) is 0 Å². The summed E-state index contributed by atoms with van der Waals surface area (Å²) < 4.78 is 17.2. The molecule has 0 aromatic heterocycles. The van der Waals surface area contributed by atoms with Crippen LogP contribution in [-0.2, 0) is 0 Å². The molecule has 0 atom stereocenters. The summed E-state index contributed by atoms with van der Waals surface area (Å²) in [4.78, 5) is 11.5. The van der Waals surface area contributed by atoms with Gasteiger partial charge in [-0.05, 0) is 12.1 Å². The number of para-hydroxylation sites is 1. The SMILES string of the molecule is CCC(=O)c1ccccc1OCCCF. The van der Waals surface area contributed by atoms with Crippen molar-refractivity contribution in [3.05, 3.63) is 29.8 Å². The summed E-state index contributed by atoms with van der Waals surface area (Å²) in [6, 6.07) is 7.07. The Morgan fingerprint density at radius 1 is 1.40 bits per heavy atom. The quantitative estimate of drug-likeness (QED) is 0.533. The Morgan fingerprint density at radius 2 is 2.13 bits per heavy atom. The van der Waals surface area contributed by atoms with E-state index < -0.39 is 6.67 Å². The van der Waals surface area contributed by atoms with Gasteiger partial charge in [-0.25, -0.2) is 0 Å². The zero-order valence-corrected chi connectivity index (χ0v) is 8.83. The number of hydrogen-bond donors (Lipinski definition) is 0. The number of ether oxygens (including phenoxy) is 1. The van der Waals surface area contributed by atoms with Crippen molar-refractivity contribution in [1.29, 1.82) is 0 Å². The molecule has 0 aliphatic rings. The molecule has 0 bridgehead atoms. The van der Waals surface area contributed by atoms with Crippen molar-refractivity contribution < 1.29 is 13.9 Å². The molecule has 1 aromatic rings. The van der Waals surface area contributed by atoms with Crippen LogP contribution in [0.3, 0.4) is 0 Å². The number of alkyl halides is 1. The van der Waals surface area contributed by atoms with Crippen LogP contribution in [0.25, 0.3) is 0 Å². The predicted molar refractivity (Wildman–Crippen MR) is 57.2 cm³/mol. The largest absolute Gasteiger partial charge is 0.493 e. The van der Waals surface area contributed by atoms with Gasteiger partial charge in [0.1, 0.15) is 5.75 Å². The molecule has 0 saturated heterocycles. The van der Waals surface area contributed by atoms with E-state index in [1.807, 2.05) is 0 Å². The van der Waals surface area contributed by atoms with E-state index in [2.05, 4.69) is 0 Å². The Kier molecular flexibility index (Phi) is 4.81. The molecule has 0 aliphatic heterocycles. The molecule has 2 nitrogen and oxygen atoms in total. The van der Waals surface area contributed by atoms with Crippen LogP contribution in [0.4, 0.5) is 4.39 Å². The molecule has 1 aromatic carbocycles. The van der Waals surface area contributed by atoms with Crippen LogP contribution in [-0.4, -0.2) is 19.1 Å². The van der Waals surface area contributed by atoms with E-state index in [1.54, 1.807) is 31.2 Å². The van der Waals surface area contributed by atoms with Gasteiger partial charge < -0.3 is 4.74 Å². The maximum Gasteiger partial charge on any atom is 0.166 e. The molecule has 1 rings (SSSR count). The highest BCUT2D eigenvalue weighted by Gasteiger charge is 2.09. The first-order valence-electron chi connectivity index (χ1n) is 5.10. The van der Waals surface area contributed by atoms with Gasteiger partial charge in [-0.3, -0.25) is 9.18 Å². The minimum Gasteiger partial charge on any atom is -0.493 e. The summed E-state index contributed by atoms with van der Waals surface area (Å²) in [6.45, 7) is 1.72. The van der Waals surface area contributed by atoms with Gasteiger partial charge in [0, 0.05) is 12.8 Å². The van der Waals surface area contributed by atoms with Crippen LogP contribution in [0, 0.1) is 0 Å². The first-order valence-corrected chi connectivity index (χ1v) is 5.10. The lowest BCUT2D eigenvalue weighted by Gasteiger charge is -2.08. The van der Waals surface area contributed by atoms with Crippen molar-refractivity contribution in [1.82, 2.24) is 0 Å². The lowest BCUT2D eigenvalue weighted by Crippen LogP contribution is -2.04. The third-order valence-corrected chi connectivity index (χ3v) is 2.04. The van der Waals surface area contributed by atoms with E-state index in [1.165, 1.54) is 0 Å². The highest BCUT2D eigenvalue weighted by Crippen LogP contribution is 2.19. The van der Waals surface area contributed by atoms with Gasteiger partial charge in [0.15, 0.2) is 5.78 Å². The molecule has 3 heteroatoms. The first-order chi connectivity index (χ1) is 7.29. The summed E-state index contributed by atoms with van der Waals surface area (Å²) in [6.07, 6.45) is 0.804. The van der Waals surface area contributed by atoms with Crippen molar-refractivity contribution in [2.45, 2.75) is 19.8 Å². The molecule has 0 aliphatic carbocycles. The second-order valence-corrected chi connectivity index (χ2v) is 3.16. The molecule has 0 radical (unpaired) electrons. The molecule has 0 N–H and O–H groups in total. The Balaban J connectivity index is 2.73. The van der Waals surface area contributed by atoms with E-state index >= 15 is 0 Å². The summed E-state index contributed by atoms with van der Waals surface area (Å²) in [5.74, 6) is 0.601. The fourth-order valence-corrected chi connectivity index (χ4v) is 1.25. The molecular formula is C12H15FO2. The van der Waals surface area contributed by atoms with Crippen LogP contribution < -0.4 is 4.74 Å². The molecular weight excluding hydrogens is 195 g/mol. The summed E-state index contributed by atoms with van der Waals surface area (Å²) in [5, 5.41) is 0. The molecule has 0 spiro atoms. The number of carbonyl (C=O) groups excluding carboxylic acids is 1. The van der Waals surface area contributed by atoms with Gasteiger partial charge in [-0.1, -0.05) is 19.1 Å². The topological polar surface area (TPSA) is 26.3 Å². The smallest absolute Gasteiger partial charge is 0.166 e. The van der Waals surface area contributed by atoms with Gasteiger partial charge >= 0.3 is 0 Å². The Bertz CT molecular complexity index is 323. The number of hydrogen-bond acceptors (Lipinski definition) is 2. The molecule has 0 heterocycles. The highest BCUT2D eigenvalue weighted by molar-refractivity contribution is 5.98. The van der Waals surface area contributed by atoms with Gasteiger partial charge in [-0.15, -0.1) is 0 Å². The molecule has 0 fully saturated rings. The van der Waals surface area contributed by atoms with Crippen molar-refractivity contribution in [2.75, 3.05) is 13.3 Å². The van der Waals surface area contributed by atoms with Gasteiger partial charge in [0.2, 0.25) is 0 Å². The number of halogens is 1. The number of ketones is 1. The van der Waals surface area contributed by atoms with E-state index in [0.717, 1.165) is 0 Å². The first kappa shape index (κ1) is 11.7. The van der Waals surface area contributed by atoms with Crippen LogP contribution in [0.2, 0.25) is 0 Å². The lowest BCUT2D eigenvalue weighted by molar-refractivity contribution is 0.0984. The van der Waals surface area contributed by atoms with Crippen LogP contribution in [0.5, 0.6) is 5.75 Å². The van der Waals surface area contributed by atoms with Crippen molar-refractivity contribution in [3.8, 4) is 5.75 Å². The molecule has 0 saturated carbocycles.